The lowest BCUT2D eigenvalue weighted by molar-refractivity contribution is 0.0827. The van der Waals surface area contributed by atoms with Crippen molar-refractivity contribution >= 4 is 11.9 Å². The smallest absolute Gasteiger partial charge is 0.253 e. The van der Waals surface area contributed by atoms with Crippen LogP contribution in [0.5, 0.6) is 0 Å². The quantitative estimate of drug-likeness (QED) is 0.494. The maximum Gasteiger partial charge on any atom is 0.253 e. The van der Waals surface area contributed by atoms with Gasteiger partial charge in [-0.05, 0) is 56.3 Å². The van der Waals surface area contributed by atoms with Gasteiger partial charge in [-0.2, -0.15) is 0 Å². The van der Waals surface area contributed by atoms with Gasteiger partial charge in [0.05, 0.1) is 6.54 Å². The number of benzene rings is 2. The summed E-state index contributed by atoms with van der Waals surface area (Å²) in [6.45, 7) is 5.14. The minimum atomic E-state index is 0.0242. The average Bonchev–Trinajstić information content (AvgIpc) is 2.72. The summed E-state index contributed by atoms with van der Waals surface area (Å²) in [6.07, 6.45) is 0.816. The van der Waals surface area contributed by atoms with Crippen LogP contribution >= 0.6 is 0 Å². The van der Waals surface area contributed by atoms with Crippen molar-refractivity contribution in [3.8, 4) is 0 Å². The average molecular weight is 410 g/mol. The Kier molecular flexibility index (Phi) is 9.35. The van der Waals surface area contributed by atoms with Crippen LogP contribution in [0.4, 0.5) is 0 Å². The molecule has 2 N–H and O–H groups in total. The Morgan fingerprint density at radius 1 is 0.967 bits per heavy atom. The molecule has 0 aliphatic carbocycles. The molecule has 0 unspecified atom stereocenters. The van der Waals surface area contributed by atoms with Crippen molar-refractivity contribution in [2.45, 2.75) is 26.4 Å². The van der Waals surface area contributed by atoms with Gasteiger partial charge >= 0.3 is 0 Å². The van der Waals surface area contributed by atoms with E-state index in [1.165, 1.54) is 11.1 Å². The number of nitrogens with zero attached hydrogens (tertiary/aromatic N) is 3. The van der Waals surface area contributed by atoms with Gasteiger partial charge in [0, 0.05) is 39.3 Å². The fourth-order valence-corrected chi connectivity index (χ4v) is 3.16. The molecule has 6 heteroatoms. The largest absolute Gasteiger partial charge is 0.357 e. The monoisotopic (exact) mass is 409 g/mol. The summed E-state index contributed by atoms with van der Waals surface area (Å²) in [5, 5.41) is 6.72. The topological polar surface area (TPSA) is 60.0 Å². The molecule has 0 spiro atoms. The molecule has 0 radical (unpaired) electrons. The summed E-state index contributed by atoms with van der Waals surface area (Å²) in [4.78, 5) is 20.7. The Labute approximate surface area is 181 Å². The highest BCUT2D eigenvalue weighted by molar-refractivity contribution is 5.94. The Morgan fingerprint density at radius 2 is 1.70 bits per heavy atom. The molecule has 1 amide bonds. The molecule has 0 aliphatic heterocycles. The molecule has 0 aromatic heterocycles. The highest BCUT2D eigenvalue weighted by Gasteiger charge is 2.08. The summed E-state index contributed by atoms with van der Waals surface area (Å²) < 4.78 is 0. The zero-order valence-electron chi connectivity index (χ0n) is 18.9. The standard InChI is InChI=1S/C24H35N5O/c1-6-25-24(27-17-21-11-7-8-12-22(21)18-28(2)3)26-15-14-19-10-9-13-20(16-19)23(30)29(4)5/h7-13,16H,6,14-15,17-18H2,1-5H3,(H2,25,26,27). The molecule has 6 nitrogen and oxygen atoms in total. The number of amides is 1. The second-order valence-corrected chi connectivity index (χ2v) is 7.78. The first-order chi connectivity index (χ1) is 14.4. The summed E-state index contributed by atoms with van der Waals surface area (Å²) in [5.41, 5.74) is 4.38. The van der Waals surface area contributed by atoms with Gasteiger partial charge < -0.3 is 20.4 Å². The molecule has 0 fully saturated rings. The highest BCUT2D eigenvalue weighted by atomic mass is 16.2. The van der Waals surface area contributed by atoms with E-state index in [9.17, 15) is 4.79 Å². The van der Waals surface area contributed by atoms with Gasteiger partial charge in [-0.15, -0.1) is 0 Å². The number of aliphatic imine (C=N–C) groups is 1. The van der Waals surface area contributed by atoms with Gasteiger partial charge in [0.25, 0.3) is 5.91 Å². The van der Waals surface area contributed by atoms with E-state index in [-0.39, 0.29) is 5.91 Å². The van der Waals surface area contributed by atoms with E-state index >= 15 is 0 Å². The van der Waals surface area contributed by atoms with Crippen LogP contribution in [0.15, 0.2) is 53.5 Å². The van der Waals surface area contributed by atoms with Gasteiger partial charge in [0.1, 0.15) is 0 Å². The third-order valence-electron chi connectivity index (χ3n) is 4.64. The predicted octanol–water partition coefficient (Wildman–Crippen LogP) is 2.75. The minimum Gasteiger partial charge on any atom is -0.357 e. The SMILES string of the molecule is CCNC(=NCc1ccccc1CN(C)C)NCCc1cccc(C(=O)N(C)C)c1. The first-order valence-electron chi connectivity index (χ1n) is 10.4. The van der Waals surface area contributed by atoms with Crippen LogP contribution in [0.1, 0.15) is 34.0 Å². The third-order valence-corrected chi connectivity index (χ3v) is 4.64. The molecular formula is C24H35N5O. The molecule has 30 heavy (non-hydrogen) atoms. The van der Waals surface area contributed by atoms with Crippen molar-refractivity contribution in [2.75, 3.05) is 41.3 Å². The molecule has 2 aromatic rings. The van der Waals surface area contributed by atoms with Crippen LogP contribution in [0.2, 0.25) is 0 Å². The molecule has 162 valence electrons. The second-order valence-electron chi connectivity index (χ2n) is 7.78. The van der Waals surface area contributed by atoms with E-state index in [0.29, 0.717) is 6.54 Å². The van der Waals surface area contributed by atoms with Gasteiger partial charge in [0.15, 0.2) is 5.96 Å². The lowest BCUT2D eigenvalue weighted by Gasteiger charge is -2.15. The van der Waals surface area contributed by atoms with E-state index in [1.54, 1.807) is 19.0 Å². The number of nitrogens with one attached hydrogen (secondary N) is 2. The highest BCUT2D eigenvalue weighted by Crippen LogP contribution is 2.12. The Hall–Kier alpha value is -2.86. The maximum atomic E-state index is 12.2. The minimum absolute atomic E-state index is 0.0242. The summed E-state index contributed by atoms with van der Waals surface area (Å²) in [5.74, 6) is 0.828. The van der Waals surface area contributed by atoms with Crippen molar-refractivity contribution in [1.82, 2.24) is 20.4 Å². The van der Waals surface area contributed by atoms with Crippen LogP contribution < -0.4 is 10.6 Å². The van der Waals surface area contributed by atoms with E-state index in [2.05, 4.69) is 66.9 Å². The van der Waals surface area contributed by atoms with Crippen molar-refractivity contribution in [1.29, 1.82) is 0 Å². The number of carbonyl (C=O) groups is 1. The summed E-state index contributed by atoms with van der Waals surface area (Å²) in [7, 11) is 7.69. The van der Waals surface area contributed by atoms with E-state index < -0.39 is 0 Å². The van der Waals surface area contributed by atoms with Crippen molar-refractivity contribution in [3.05, 3.63) is 70.8 Å². The number of guanidine groups is 1. The van der Waals surface area contributed by atoms with Crippen molar-refractivity contribution < 1.29 is 4.79 Å². The van der Waals surface area contributed by atoms with Crippen LogP contribution in [0.25, 0.3) is 0 Å². The normalized spacial score (nSPS) is 11.5. The Bertz CT molecular complexity index is 845. The number of rotatable bonds is 9. The molecule has 0 saturated heterocycles. The van der Waals surface area contributed by atoms with E-state index in [1.807, 2.05) is 18.2 Å². The first kappa shape index (κ1) is 23.4. The number of carbonyl (C=O) groups excluding carboxylic acids is 1. The van der Waals surface area contributed by atoms with Crippen LogP contribution in [-0.4, -0.2) is 62.9 Å². The third kappa shape index (κ3) is 7.52. The van der Waals surface area contributed by atoms with Crippen LogP contribution in [-0.2, 0) is 19.5 Å². The molecule has 0 heterocycles. The second kappa shape index (κ2) is 12.0. The molecule has 2 aromatic carbocycles. The molecular weight excluding hydrogens is 374 g/mol. The molecule has 0 bridgehead atoms. The fraction of sp³-hybridized carbons (Fsp3) is 0.417. The predicted molar refractivity (Wildman–Crippen MR) is 125 cm³/mol. The number of hydrogen-bond acceptors (Lipinski definition) is 3. The summed E-state index contributed by atoms with van der Waals surface area (Å²) in [6, 6.07) is 16.2. The summed E-state index contributed by atoms with van der Waals surface area (Å²) >= 11 is 0. The Morgan fingerprint density at radius 3 is 2.37 bits per heavy atom. The van der Waals surface area contributed by atoms with Gasteiger partial charge in [0.2, 0.25) is 0 Å². The maximum absolute atomic E-state index is 12.2. The fourth-order valence-electron chi connectivity index (χ4n) is 3.16. The van der Waals surface area contributed by atoms with Crippen LogP contribution in [0, 0.1) is 0 Å². The van der Waals surface area contributed by atoms with Gasteiger partial charge in [-0.25, -0.2) is 4.99 Å². The van der Waals surface area contributed by atoms with E-state index in [4.69, 9.17) is 4.99 Å². The number of hydrogen-bond donors (Lipinski definition) is 2. The zero-order chi connectivity index (χ0) is 21.9. The molecule has 2 rings (SSSR count). The van der Waals surface area contributed by atoms with E-state index in [0.717, 1.165) is 43.1 Å². The molecule has 0 aliphatic rings. The van der Waals surface area contributed by atoms with Gasteiger partial charge in [-0.3, -0.25) is 4.79 Å². The van der Waals surface area contributed by atoms with Crippen LogP contribution in [0.3, 0.4) is 0 Å². The van der Waals surface area contributed by atoms with Crippen molar-refractivity contribution in [2.24, 2.45) is 4.99 Å². The molecule has 0 saturated carbocycles. The lowest BCUT2D eigenvalue weighted by atomic mass is 10.1. The molecule has 0 atom stereocenters. The first-order valence-corrected chi connectivity index (χ1v) is 10.4. The van der Waals surface area contributed by atoms with Crippen molar-refractivity contribution in [3.63, 3.8) is 0 Å². The van der Waals surface area contributed by atoms with Gasteiger partial charge in [-0.1, -0.05) is 36.4 Å². The Balaban J connectivity index is 1.98. The zero-order valence-corrected chi connectivity index (χ0v) is 18.9. The lowest BCUT2D eigenvalue weighted by Crippen LogP contribution is -2.38.